The Hall–Kier alpha value is -3.30. The van der Waals surface area contributed by atoms with Gasteiger partial charge in [-0.1, -0.05) is 6.42 Å². The van der Waals surface area contributed by atoms with Gasteiger partial charge in [0, 0.05) is 17.2 Å². The second-order valence-electron chi connectivity index (χ2n) is 7.65. The van der Waals surface area contributed by atoms with Gasteiger partial charge in [0.2, 0.25) is 5.88 Å². The topological polar surface area (TPSA) is 112 Å². The van der Waals surface area contributed by atoms with Gasteiger partial charge in [-0.3, -0.25) is 4.79 Å². The number of ether oxygens (including phenoxy) is 2. The highest BCUT2D eigenvalue weighted by Gasteiger charge is 2.51. The molecule has 8 nitrogen and oxygen atoms in total. The fourth-order valence-corrected chi connectivity index (χ4v) is 4.37. The zero-order chi connectivity index (χ0) is 22.0. The van der Waals surface area contributed by atoms with E-state index in [-0.39, 0.29) is 40.9 Å². The van der Waals surface area contributed by atoms with Crippen molar-refractivity contribution in [1.82, 2.24) is 9.97 Å². The number of alkyl halides is 1. The van der Waals surface area contributed by atoms with E-state index in [1.54, 1.807) is 0 Å². The third-order valence-corrected chi connectivity index (χ3v) is 5.86. The van der Waals surface area contributed by atoms with Crippen molar-refractivity contribution in [3.05, 3.63) is 47.7 Å². The van der Waals surface area contributed by atoms with Gasteiger partial charge in [0.25, 0.3) is 11.9 Å². The largest absolute Gasteiger partial charge is 0.480 e. The van der Waals surface area contributed by atoms with Gasteiger partial charge in [-0.2, -0.15) is 0 Å². The number of nitrogens with one attached hydrogen (secondary N) is 1. The van der Waals surface area contributed by atoms with E-state index in [1.165, 1.54) is 37.7 Å². The Bertz CT molecular complexity index is 1000. The third-order valence-electron chi connectivity index (χ3n) is 5.86. The smallest absolute Gasteiger partial charge is 0.283 e. The van der Waals surface area contributed by atoms with Gasteiger partial charge in [-0.25, -0.2) is 23.7 Å². The predicted molar refractivity (Wildman–Crippen MR) is 109 cm³/mol. The van der Waals surface area contributed by atoms with Crippen LogP contribution < -0.4 is 15.8 Å². The van der Waals surface area contributed by atoms with E-state index < -0.39 is 23.9 Å². The molecule has 31 heavy (non-hydrogen) atoms. The zero-order valence-corrected chi connectivity index (χ0v) is 17.0. The standard InChI is InChI=1S/C21H23F2N5O3/c1-30-18-10-25-16(9-26-18)19(29)27-12-6-7-15(23)14(8-12)21(11-22)13-4-2-3-5-17(13)31-20(24)28-21/h6-10,13,17H,2-5,11H2,1H3,(H2,24,28)(H,27,29)/t13-,17+,21-/m0/s1. The molecular weight excluding hydrogens is 408 g/mol. The molecule has 0 radical (unpaired) electrons. The molecule has 2 aliphatic rings. The first-order chi connectivity index (χ1) is 15.0. The molecule has 1 amide bonds. The van der Waals surface area contributed by atoms with Crippen molar-refractivity contribution in [2.45, 2.75) is 37.3 Å². The second-order valence-corrected chi connectivity index (χ2v) is 7.65. The van der Waals surface area contributed by atoms with Gasteiger partial charge >= 0.3 is 0 Å². The number of fused-ring (bicyclic) bond motifs is 1. The molecule has 2 aromatic rings. The number of nitrogens with zero attached hydrogens (tertiary/aromatic N) is 3. The molecule has 3 atom stereocenters. The van der Waals surface area contributed by atoms with Crippen molar-refractivity contribution in [2.24, 2.45) is 16.6 Å². The van der Waals surface area contributed by atoms with Crippen LogP contribution in [0.25, 0.3) is 0 Å². The first-order valence-corrected chi connectivity index (χ1v) is 10.0. The number of hydrogen-bond donors (Lipinski definition) is 2. The summed E-state index contributed by atoms with van der Waals surface area (Å²) in [5.41, 5.74) is 4.71. The van der Waals surface area contributed by atoms with Crippen molar-refractivity contribution >= 4 is 17.6 Å². The van der Waals surface area contributed by atoms with Crippen molar-refractivity contribution in [3.63, 3.8) is 0 Å². The minimum atomic E-state index is -1.50. The number of carbonyl (C=O) groups is 1. The molecule has 1 aliphatic heterocycles. The number of methoxy groups -OCH3 is 1. The second kappa shape index (κ2) is 8.44. The van der Waals surface area contributed by atoms with Gasteiger partial charge in [0.15, 0.2) is 0 Å². The lowest BCUT2D eigenvalue weighted by atomic mass is 9.69. The summed E-state index contributed by atoms with van der Waals surface area (Å²) in [5.74, 6) is -1.26. The van der Waals surface area contributed by atoms with E-state index in [1.807, 2.05) is 0 Å². The number of carbonyl (C=O) groups excluding carboxylic acids is 1. The van der Waals surface area contributed by atoms with Crippen LogP contribution in [0.2, 0.25) is 0 Å². The summed E-state index contributed by atoms with van der Waals surface area (Å²) in [5, 5.41) is 2.64. The Balaban J connectivity index is 1.67. The van der Waals surface area contributed by atoms with E-state index in [2.05, 4.69) is 20.3 Å². The number of rotatable bonds is 5. The number of amidine groups is 1. The number of anilines is 1. The first-order valence-electron chi connectivity index (χ1n) is 10.0. The lowest BCUT2D eigenvalue weighted by Crippen LogP contribution is -2.51. The SMILES string of the molecule is COc1cnc(C(=O)Nc2ccc(F)c([C@@]3(CF)N=C(N)O[C@@H]4CCCC[C@@H]43)c2)cn1. The normalized spacial score (nSPS) is 25.1. The van der Waals surface area contributed by atoms with Gasteiger partial charge in [0.1, 0.15) is 29.8 Å². The van der Waals surface area contributed by atoms with Crippen molar-refractivity contribution in [1.29, 1.82) is 0 Å². The third kappa shape index (κ3) is 3.89. The molecule has 1 aliphatic carbocycles. The van der Waals surface area contributed by atoms with E-state index in [0.717, 1.165) is 12.8 Å². The highest BCUT2D eigenvalue weighted by atomic mass is 19.1. The summed E-state index contributed by atoms with van der Waals surface area (Å²) in [6, 6.07) is 3.83. The van der Waals surface area contributed by atoms with Gasteiger partial charge in [-0.15, -0.1) is 0 Å². The molecule has 1 aromatic carbocycles. The molecule has 0 saturated heterocycles. The van der Waals surface area contributed by atoms with Crippen LogP contribution in [0.4, 0.5) is 14.5 Å². The van der Waals surface area contributed by atoms with E-state index in [4.69, 9.17) is 15.2 Å². The first kappa shape index (κ1) is 21.0. The summed E-state index contributed by atoms with van der Waals surface area (Å²) < 4.78 is 40.1. The average molecular weight is 431 g/mol. The summed E-state index contributed by atoms with van der Waals surface area (Å²) in [6.07, 6.45) is 5.39. The van der Waals surface area contributed by atoms with Gasteiger partial charge in [0.05, 0.1) is 19.5 Å². The van der Waals surface area contributed by atoms with Gasteiger partial charge < -0.3 is 20.5 Å². The number of aliphatic imine (C=N–C) groups is 1. The average Bonchev–Trinajstić information content (AvgIpc) is 2.79. The van der Waals surface area contributed by atoms with Gasteiger partial charge in [-0.05, 0) is 37.5 Å². The molecule has 0 bridgehead atoms. The van der Waals surface area contributed by atoms with Crippen LogP contribution in [-0.4, -0.2) is 41.8 Å². The molecule has 4 rings (SSSR count). The molecule has 164 valence electrons. The Labute approximate surface area is 177 Å². The Morgan fingerprint density at radius 1 is 1.32 bits per heavy atom. The number of benzene rings is 1. The molecular formula is C21H23F2N5O3. The number of amides is 1. The van der Waals surface area contributed by atoms with Crippen LogP contribution in [0.5, 0.6) is 5.88 Å². The lowest BCUT2D eigenvalue weighted by molar-refractivity contribution is -0.00105. The number of halogens is 2. The maximum absolute atomic E-state index is 14.9. The van der Waals surface area contributed by atoms with Crippen LogP contribution in [0.1, 0.15) is 41.7 Å². The van der Waals surface area contributed by atoms with Crippen LogP contribution in [0.3, 0.4) is 0 Å². The fraction of sp³-hybridized carbons (Fsp3) is 0.429. The van der Waals surface area contributed by atoms with Crippen LogP contribution >= 0.6 is 0 Å². The quantitative estimate of drug-likeness (QED) is 0.753. The van der Waals surface area contributed by atoms with Crippen molar-refractivity contribution in [2.75, 3.05) is 19.1 Å². The van der Waals surface area contributed by atoms with Crippen LogP contribution in [0, 0.1) is 11.7 Å². The zero-order valence-electron chi connectivity index (χ0n) is 17.0. The predicted octanol–water partition coefficient (Wildman–Crippen LogP) is 2.95. The Kier molecular flexibility index (Phi) is 5.71. The van der Waals surface area contributed by atoms with Crippen molar-refractivity contribution in [3.8, 4) is 5.88 Å². The maximum Gasteiger partial charge on any atom is 0.283 e. The maximum atomic E-state index is 14.9. The number of aromatic nitrogens is 2. The Morgan fingerprint density at radius 2 is 2.13 bits per heavy atom. The summed E-state index contributed by atoms with van der Waals surface area (Å²) in [6.45, 7) is -0.934. The molecule has 1 saturated carbocycles. The van der Waals surface area contributed by atoms with Crippen LogP contribution in [-0.2, 0) is 10.3 Å². The monoisotopic (exact) mass is 431 g/mol. The Morgan fingerprint density at radius 3 is 2.84 bits per heavy atom. The molecule has 1 aromatic heterocycles. The summed E-state index contributed by atoms with van der Waals surface area (Å²) in [7, 11) is 1.44. The summed E-state index contributed by atoms with van der Waals surface area (Å²) >= 11 is 0. The van der Waals surface area contributed by atoms with Crippen LogP contribution in [0.15, 0.2) is 35.6 Å². The molecule has 10 heteroatoms. The molecule has 3 N–H and O–H groups in total. The molecule has 2 heterocycles. The minimum Gasteiger partial charge on any atom is -0.480 e. The molecule has 1 fully saturated rings. The fourth-order valence-electron chi connectivity index (χ4n) is 4.37. The van der Waals surface area contributed by atoms with E-state index in [0.29, 0.717) is 12.8 Å². The minimum absolute atomic E-state index is 0.0387. The molecule has 0 spiro atoms. The van der Waals surface area contributed by atoms with E-state index in [9.17, 15) is 13.6 Å². The molecule has 0 unspecified atom stereocenters. The van der Waals surface area contributed by atoms with E-state index >= 15 is 0 Å². The van der Waals surface area contributed by atoms with Crippen molar-refractivity contribution < 1.29 is 23.0 Å². The summed E-state index contributed by atoms with van der Waals surface area (Å²) in [4.78, 5) is 24.7. The highest BCUT2D eigenvalue weighted by Crippen LogP contribution is 2.47. The number of hydrogen-bond acceptors (Lipinski definition) is 7. The number of nitrogens with two attached hydrogens (primary N) is 1. The highest BCUT2D eigenvalue weighted by molar-refractivity contribution is 6.02. The lowest BCUT2D eigenvalue weighted by Gasteiger charge is -2.45.